The van der Waals surface area contributed by atoms with Gasteiger partial charge in [-0.3, -0.25) is 14.2 Å². The smallest absolute Gasteiger partial charge is 0.333 e. The fourth-order valence-corrected chi connectivity index (χ4v) is 4.33. The maximum absolute atomic E-state index is 13.3. The highest BCUT2D eigenvalue weighted by atomic mass is 32.1. The molecule has 0 bridgehead atoms. The number of carbonyl (C=O) groups excluding carboxylic acids is 2. The van der Waals surface area contributed by atoms with Gasteiger partial charge in [-0.05, 0) is 46.3 Å². The molecule has 8 nitrogen and oxygen atoms in total. The van der Waals surface area contributed by atoms with Crippen molar-refractivity contribution in [1.29, 1.82) is 0 Å². The first-order chi connectivity index (χ1) is 16.4. The number of likely N-dealkylation sites (N-methyl/N-ethyl adjacent to an activating group) is 1. The molecule has 0 unspecified atom stereocenters. The molecular formula is C25H34N2O6S. The Labute approximate surface area is 204 Å². The zero-order valence-corrected chi connectivity index (χ0v) is 21.4. The third kappa shape index (κ3) is 6.96. The fraction of sp³-hybridized carbons (Fsp3) is 0.480. The lowest BCUT2D eigenvalue weighted by Gasteiger charge is -2.18. The van der Waals surface area contributed by atoms with Crippen molar-refractivity contribution in [1.82, 2.24) is 9.47 Å². The Morgan fingerprint density at radius 2 is 1.79 bits per heavy atom. The highest BCUT2D eigenvalue weighted by Crippen LogP contribution is 2.32. The summed E-state index contributed by atoms with van der Waals surface area (Å²) < 4.78 is 18.7. The van der Waals surface area contributed by atoms with Crippen molar-refractivity contribution in [2.75, 3.05) is 32.9 Å². The number of aromatic nitrogens is 1. The number of nitrogens with zero attached hydrogens (tertiary/aromatic N) is 2. The lowest BCUT2D eigenvalue weighted by Crippen LogP contribution is -2.40. The maximum atomic E-state index is 13.3. The average molecular weight is 491 g/mol. The van der Waals surface area contributed by atoms with E-state index in [0.717, 1.165) is 17.8 Å². The van der Waals surface area contributed by atoms with Gasteiger partial charge in [0, 0.05) is 18.7 Å². The number of para-hydroxylation sites is 1. The van der Waals surface area contributed by atoms with E-state index < -0.39 is 5.97 Å². The molecule has 1 aromatic heterocycles. The SMILES string of the molecule is CCCOc1c(/C=c2\s/c(=C\C(=O)OCC)n(CC(=O)N(CC)CC)c2=O)cccc1OCC. The number of carbonyl (C=O) groups is 2. The zero-order valence-electron chi connectivity index (χ0n) is 20.6. The monoisotopic (exact) mass is 490 g/mol. The Balaban J connectivity index is 2.68. The van der Waals surface area contributed by atoms with Crippen LogP contribution in [0.4, 0.5) is 0 Å². The lowest BCUT2D eigenvalue weighted by molar-refractivity contribution is -0.135. The number of benzene rings is 1. The van der Waals surface area contributed by atoms with Crippen LogP contribution in [0, 0.1) is 0 Å². The van der Waals surface area contributed by atoms with Gasteiger partial charge >= 0.3 is 5.97 Å². The topological polar surface area (TPSA) is 87.1 Å². The summed E-state index contributed by atoms with van der Waals surface area (Å²) in [6.45, 7) is 11.5. The van der Waals surface area contributed by atoms with Crippen LogP contribution in [-0.4, -0.2) is 54.3 Å². The molecule has 9 heteroatoms. The van der Waals surface area contributed by atoms with Gasteiger partial charge in [-0.15, -0.1) is 11.3 Å². The lowest BCUT2D eigenvalue weighted by atomic mass is 10.1. The van der Waals surface area contributed by atoms with Gasteiger partial charge in [-0.25, -0.2) is 4.79 Å². The van der Waals surface area contributed by atoms with Crippen LogP contribution in [0.3, 0.4) is 0 Å². The molecule has 0 aliphatic rings. The van der Waals surface area contributed by atoms with Gasteiger partial charge in [0.05, 0.1) is 30.4 Å². The van der Waals surface area contributed by atoms with Crippen molar-refractivity contribution in [2.45, 2.75) is 47.6 Å². The molecule has 1 amide bonds. The minimum Gasteiger partial charge on any atom is -0.490 e. The van der Waals surface area contributed by atoms with E-state index in [4.69, 9.17) is 14.2 Å². The van der Waals surface area contributed by atoms with Gasteiger partial charge < -0.3 is 19.1 Å². The molecule has 186 valence electrons. The minimum atomic E-state index is -0.565. The van der Waals surface area contributed by atoms with Gasteiger partial charge in [0.1, 0.15) is 11.2 Å². The summed E-state index contributed by atoms with van der Waals surface area (Å²) >= 11 is 1.13. The van der Waals surface area contributed by atoms with Crippen molar-refractivity contribution in [3.63, 3.8) is 0 Å². The molecule has 0 spiro atoms. The summed E-state index contributed by atoms with van der Waals surface area (Å²) in [6, 6.07) is 5.49. The second-order valence-electron chi connectivity index (χ2n) is 7.26. The van der Waals surface area contributed by atoms with Gasteiger partial charge in [0.15, 0.2) is 11.5 Å². The van der Waals surface area contributed by atoms with Crippen LogP contribution in [0.2, 0.25) is 0 Å². The van der Waals surface area contributed by atoms with E-state index in [1.54, 1.807) is 17.9 Å². The van der Waals surface area contributed by atoms with Crippen LogP contribution in [0.25, 0.3) is 12.2 Å². The number of amides is 1. The molecule has 0 saturated carbocycles. The molecule has 2 rings (SSSR count). The molecule has 0 aliphatic heterocycles. The third-order valence-corrected chi connectivity index (χ3v) is 5.98. The average Bonchev–Trinajstić information content (AvgIpc) is 3.08. The number of rotatable bonds is 12. The first-order valence-electron chi connectivity index (χ1n) is 11.7. The van der Waals surface area contributed by atoms with E-state index in [-0.39, 0.29) is 24.6 Å². The number of hydrogen-bond donors (Lipinski definition) is 0. The van der Waals surface area contributed by atoms with Crippen molar-refractivity contribution >= 4 is 35.4 Å². The largest absolute Gasteiger partial charge is 0.490 e. The van der Waals surface area contributed by atoms with Crippen molar-refractivity contribution in [3.8, 4) is 11.5 Å². The highest BCUT2D eigenvalue weighted by molar-refractivity contribution is 7.07. The standard InChI is InChI=1S/C25H34N2O6S/c1-6-14-33-24-18(12-11-13-19(24)31-9-4)15-20-25(30)27(17-21(28)26(7-2)8-3)22(34-20)16-23(29)32-10-5/h11-13,15-16H,6-10,14,17H2,1-5H3/b20-15-,22-16-. The Bertz CT molecular complexity index is 1150. The Kier molecular flexibility index (Phi) is 10.9. The van der Waals surface area contributed by atoms with Crippen LogP contribution < -0.4 is 24.2 Å². The Morgan fingerprint density at radius 3 is 2.41 bits per heavy atom. The molecule has 2 aromatic rings. The normalized spacial score (nSPS) is 12.0. The maximum Gasteiger partial charge on any atom is 0.333 e. The van der Waals surface area contributed by atoms with Gasteiger partial charge in [0.2, 0.25) is 5.91 Å². The van der Waals surface area contributed by atoms with E-state index in [1.807, 2.05) is 45.9 Å². The summed E-state index contributed by atoms with van der Waals surface area (Å²) in [5.74, 6) is 0.391. The summed E-state index contributed by atoms with van der Waals surface area (Å²) in [6.07, 6.45) is 3.78. The first-order valence-corrected chi connectivity index (χ1v) is 12.5. The van der Waals surface area contributed by atoms with Crippen molar-refractivity contribution < 1.29 is 23.8 Å². The van der Waals surface area contributed by atoms with Gasteiger partial charge in [-0.1, -0.05) is 19.1 Å². The zero-order chi connectivity index (χ0) is 25.1. The molecule has 1 heterocycles. The van der Waals surface area contributed by atoms with Crippen molar-refractivity contribution in [2.24, 2.45) is 0 Å². The van der Waals surface area contributed by atoms with E-state index in [2.05, 4.69) is 0 Å². The van der Waals surface area contributed by atoms with Gasteiger partial charge in [0.25, 0.3) is 5.56 Å². The molecule has 0 fully saturated rings. The summed E-state index contributed by atoms with van der Waals surface area (Å²) in [5.41, 5.74) is 0.326. The van der Waals surface area contributed by atoms with E-state index >= 15 is 0 Å². The fourth-order valence-electron chi connectivity index (χ4n) is 3.30. The number of hydrogen-bond acceptors (Lipinski definition) is 7. The molecule has 0 N–H and O–H groups in total. The van der Waals surface area contributed by atoms with Crippen LogP contribution in [-0.2, 0) is 20.9 Å². The molecule has 0 radical (unpaired) electrons. The first kappa shape index (κ1) is 27.2. The van der Waals surface area contributed by atoms with Crippen LogP contribution >= 0.6 is 11.3 Å². The summed E-state index contributed by atoms with van der Waals surface area (Å²) in [5, 5.41) is 0. The minimum absolute atomic E-state index is 0.158. The number of esters is 1. The molecule has 0 saturated heterocycles. The highest BCUT2D eigenvalue weighted by Gasteiger charge is 2.16. The Hall–Kier alpha value is -3.07. The second kappa shape index (κ2) is 13.6. The van der Waals surface area contributed by atoms with Crippen LogP contribution in [0.5, 0.6) is 11.5 Å². The summed E-state index contributed by atoms with van der Waals surface area (Å²) in [4.78, 5) is 39.9. The van der Waals surface area contributed by atoms with E-state index in [9.17, 15) is 14.4 Å². The number of ether oxygens (including phenoxy) is 3. The van der Waals surface area contributed by atoms with Crippen molar-refractivity contribution in [3.05, 3.63) is 43.3 Å². The number of thiazole rings is 1. The molecule has 34 heavy (non-hydrogen) atoms. The predicted molar refractivity (Wildman–Crippen MR) is 134 cm³/mol. The summed E-state index contributed by atoms with van der Waals surface area (Å²) in [7, 11) is 0. The molecular weight excluding hydrogens is 456 g/mol. The Morgan fingerprint density at radius 1 is 1.06 bits per heavy atom. The van der Waals surface area contributed by atoms with E-state index in [0.29, 0.717) is 52.6 Å². The second-order valence-corrected chi connectivity index (χ2v) is 8.32. The molecule has 1 aromatic carbocycles. The van der Waals surface area contributed by atoms with E-state index in [1.165, 1.54) is 10.6 Å². The predicted octanol–water partition coefficient (Wildman–Crippen LogP) is 2.14. The quantitative estimate of drug-likeness (QED) is 0.424. The van der Waals surface area contributed by atoms with Crippen LogP contribution in [0.1, 0.15) is 46.6 Å². The van der Waals surface area contributed by atoms with Crippen LogP contribution in [0.15, 0.2) is 23.0 Å². The third-order valence-electron chi connectivity index (χ3n) is 4.92. The molecule has 0 atom stereocenters. The molecule has 0 aliphatic carbocycles. The van der Waals surface area contributed by atoms with Gasteiger partial charge in [-0.2, -0.15) is 0 Å².